The average Bonchev–Trinajstić information content (AvgIpc) is 2.67. The number of aryl methyl sites for hydroxylation is 3. The third kappa shape index (κ3) is 1.98. The van der Waals surface area contributed by atoms with Gasteiger partial charge in [0.15, 0.2) is 0 Å². The van der Waals surface area contributed by atoms with Crippen LogP contribution in [0.4, 0.5) is 4.39 Å². The number of nitrogens with zero attached hydrogens (tertiary/aromatic N) is 1. The largest absolute Gasteiger partial charge is 0.361 e. The van der Waals surface area contributed by atoms with Crippen molar-refractivity contribution in [1.82, 2.24) is 5.16 Å². The number of hydrogen-bond acceptors (Lipinski definition) is 2. The van der Waals surface area contributed by atoms with Crippen molar-refractivity contribution in [2.45, 2.75) is 20.3 Å². The fraction of sp³-hybridized carbons (Fsp3) is 0.308. The van der Waals surface area contributed by atoms with Gasteiger partial charge in [0.2, 0.25) is 0 Å². The second-order valence-electron chi connectivity index (χ2n) is 3.88. The highest BCUT2D eigenvalue weighted by Crippen LogP contribution is 2.26. The fourth-order valence-corrected chi connectivity index (χ4v) is 1.86. The first-order valence-corrected chi connectivity index (χ1v) is 5.30. The lowest BCUT2D eigenvalue weighted by atomic mass is 10.00. The molecule has 0 atom stereocenters. The summed E-state index contributed by atoms with van der Waals surface area (Å²) in [4.78, 5) is 0. The molecule has 0 bridgehead atoms. The molecule has 16 heavy (non-hydrogen) atoms. The Kier molecular flexibility index (Phi) is 3.04. The van der Waals surface area contributed by atoms with Crippen LogP contribution >= 0.6 is 0 Å². The van der Waals surface area contributed by atoms with Crippen molar-refractivity contribution in [2.24, 2.45) is 0 Å². The maximum absolute atomic E-state index is 12.2. The van der Waals surface area contributed by atoms with Gasteiger partial charge in [-0.25, -0.2) is 0 Å². The van der Waals surface area contributed by atoms with E-state index in [2.05, 4.69) is 5.16 Å². The first-order valence-electron chi connectivity index (χ1n) is 5.30. The van der Waals surface area contributed by atoms with Gasteiger partial charge in [-0.15, -0.1) is 0 Å². The minimum atomic E-state index is -0.415. The minimum absolute atomic E-state index is 0.290. The van der Waals surface area contributed by atoms with E-state index in [0.29, 0.717) is 5.76 Å². The summed E-state index contributed by atoms with van der Waals surface area (Å²) in [6, 6.07) is 7.89. The third-order valence-corrected chi connectivity index (χ3v) is 2.64. The van der Waals surface area contributed by atoms with E-state index >= 15 is 0 Å². The van der Waals surface area contributed by atoms with Crippen LogP contribution in [0.15, 0.2) is 28.8 Å². The Balaban J connectivity index is 2.42. The van der Waals surface area contributed by atoms with Crippen molar-refractivity contribution >= 4 is 0 Å². The molecular weight excluding hydrogens is 205 g/mol. The van der Waals surface area contributed by atoms with Gasteiger partial charge in [0.05, 0.1) is 6.67 Å². The number of aromatic nitrogens is 1. The van der Waals surface area contributed by atoms with Gasteiger partial charge in [0.25, 0.3) is 0 Å². The summed E-state index contributed by atoms with van der Waals surface area (Å²) >= 11 is 0. The second-order valence-corrected chi connectivity index (χ2v) is 3.88. The van der Waals surface area contributed by atoms with E-state index in [-0.39, 0.29) is 6.42 Å². The van der Waals surface area contributed by atoms with Crippen molar-refractivity contribution in [3.63, 3.8) is 0 Å². The highest BCUT2D eigenvalue weighted by Gasteiger charge is 2.10. The molecule has 84 valence electrons. The van der Waals surface area contributed by atoms with Crippen molar-refractivity contribution in [3.05, 3.63) is 41.2 Å². The van der Waals surface area contributed by atoms with Crippen LogP contribution in [0.5, 0.6) is 0 Å². The van der Waals surface area contributed by atoms with Crippen LogP contribution in [0, 0.1) is 13.8 Å². The zero-order valence-corrected chi connectivity index (χ0v) is 9.46. The van der Waals surface area contributed by atoms with Gasteiger partial charge in [-0.3, -0.25) is 4.39 Å². The molecule has 0 radical (unpaired) electrons. The molecular formula is C13H14FNO. The molecule has 2 nitrogen and oxygen atoms in total. The van der Waals surface area contributed by atoms with Crippen LogP contribution in [0.3, 0.4) is 0 Å². The van der Waals surface area contributed by atoms with E-state index in [0.717, 1.165) is 22.4 Å². The SMILES string of the molecule is Cc1cccc(C)c1-c1cc(CCF)on1. The predicted octanol–water partition coefficient (Wildman–Crippen LogP) is 3.47. The Morgan fingerprint density at radius 3 is 2.56 bits per heavy atom. The molecule has 0 saturated heterocycles. The van der Waals surface area contributed by atoms with Gasteiger partial charge < -0.3 is 4.52 Å². The number of alkyl halides is 1. The normalized spacial score (nSPS) is 10.7. The third-order valence-electron chi connectivity index (χ3n) is 2.64. The summed E-state index contributed by atoms with van der Waals surface area (Å²) in [6.07, 6.45) is 0.290. The molecule has 0 N–H and O–H groups in total. The number of benzene rings is 1. The molecule has 0 aliphatic rings. The molecule has 0 aliphatic heterocycles. The Labute approximate surface area is 94.1 Å². The Morgan fingerprint density at radius 2 is 1.94 bits per heavy atom. The quantitative estimate of drug-likeness (QED) is 0.790. The van der Waals surface area contributed by atoms with Crippen LogP contribution in [-0.2, 0) is 6.42 Å². The molecule has 0 saturated carbocycles. The second kappa shape index (κ2) is 4.47. The summed E-state index contributed by atoms with van der Waals surface area (Å²) in [5.41, 5.74) is 4.18. The molecule has 0 aliphatic carbocycles. The van der Waals surface area contributed by atoms with Crippen LogP contribution in [0.2, 0.25) is 0 Å². The molecule has 3 heteroatoms. The lowest BCUT2D eigenvalue weighted by Crippen LogP contribution is -1.87. The molecule has 0 unspecified atom stereocenters. The lowest BCUT2D eigenvalue weighted by Gasteiger charge is -2.04. The number of halogens is 1. The molecule has 0 fully saturated rings. The molecule has 1 aromatic heterocycles. The zero-order valence-electron chi connectivity index (χ0n) is 9.46. The van der Waals surface area contributed by atoms with Gasteiger partial charge in [0, 0.05) is 18.1 Å². The van der Waals surface area contributed by atoms with E-state index in [1.54, 1.807) is 0 Å². The van der Waals surface area contributed by atoms with Crippen molar-refractivity contribution in [3.8, 4) is 11.3 Å². The summed E-state index contributed by atoms with van der Waals surface area (Å²) in [5.74, 6) is 0.597. The Bertz CT molecular complexity index is 470. The summed E-state index contributed by atoms with van der Waals surface area (Å²) in [5, 5.41) is 3.99. The topological polar surface area (TPSA) is 26.0 Å². The highest BCUT2D eigenvalue weighted by molar-refractivity contribution is 5.67. The smallest absolute Gasteiger partial charge is 0.139 e. The van der Waals surface area contributed by atoms with Crippen LogP contribution in [0.1, 0.15) is 16.9 Å². The maximum Gasteiger partial charge on any atom is 0.139 e. The van der Waals surface area contributed by atoms with Gasteiger partial charge in [-0.05, 0) is 25.0 Å². The predicted molar refractivity (Wildman–Crippen MR) is 61.1 cm³/mol. The summed E-state index contributed by atoms with van der Waals surface area (Å²) < 4.78 is 17.2. The van der Waals surface area contributed by atoms with E-state index < -0.39 is 6.67 Å². The van der Waals surface area contributed by atoms with Gasteiger partial charge >= 0.3 is 0 Å². The first kappa shape index (κ1) is 10.9. The standard InChI is InChI=1S/C13H14FNO/c1-9-4-3-5-10(2)13(9)12-8-11(6-7-14)16-15-12/h3-5,8H,6-7H2,1-2H3. The van der Waals surface area contributed by atoms with Crippen molar-refractivity contribution in [2.75, 3.05) is 6.67 Å². The van der Waals surface area contributed by atoms with Crippen molar-refractivity contribution < 1.29 is 8.91 Å². The van der Waals surface area contributed by atoms with Gasteiger partial charge in [-0.1, -0.05) is 23.4 Å². The molecule has 1 heterocycles. The van der Waals surface area contributed by atoms with E-state index in [4.69, 9.17) is 4.52 Å². The highest BCUT2D eigenvalue weighted by atomic mass is 19.1. The van der Waals surface area contributed by atoms with Gasteiger partial charge in [0.1, 0.15) is 11.5 Å². The van der Waals surface area contributed by atoms with Crippen molar-refractivity contribution in [1.29, 1.82) is 0 Å². The molecule has 2 rings (SSSR count). The molecule has 1 aromatic carbocycles. The maximum atomic E-state index is 12.2. The number of rotatable bonds is 3. The van der Waals surface area contributed by atoms with Crippen LogP contribution in [0.25, 0.3) is 11.3 Å². The number of hydrogen-bond donors (Lipinski definition) is 0. The fourth-order valence-electron chi connectivity index (χ4n) is 1.86. The molecule has 2 aromatic rings. The zero-order chi connectivity index (χ0) is 11.5. The van der Waals surface area contributed by atoms with Crippen LogP contribution in [-0.4, -0.2) is 11.8 Å². The Morgan fingerprint density at radius 1 is 1.25 bits per heavy atom. The van der Waals surface area contributed by atoms with E-state index in [1.165, 1.54) is 0 Å². The van der Waals surface area contributed by atoms with Crippen LogP contribution < -0.4 is 0 Å². The first-order chi connectivity index (χ1) is 7.72. The van der Waals surface area contributed by atoms with E-state index in [9.17, 15) is 4.39 Å². The minimum Gasteiger partial charge on any atom is -0.361 e. The average molecular weight is 219 g/mol. The van der Waals surface area contributed by atoms with E-state index in [1.807, 2.05) is 38.1 Å². The molecule has 0 amide bonds. The lowest BCUT2D eigenvalue weighted by molar-refractivity contribution is 0.366. The Hall–Kier alpha value is -1.64. The van der Waals surface area contributed by atoms with Gasteiger partial charge in [-0.2, -0.15) is 0 Å². The monoisotopic (exact) mass is 219 g/mol. The summed E-state index contributed by atoms with van der Waals surface area (Å²) in [7, 11) is 0. The molecule has 0 spiro atoms. The summed E-state index contributed by atoms with van der Waals surface area (Å²) in [6.45, 7) is 3.65.